The Bertz CT molecular complexity index is 1230. The van der Waals surface area contributed by atoms with Crippen LogP contribution in [-0.4, -0.2) is 30.9 Å². The van der Waals surface area contributed by atoms with Crippen LogP contribution >= 0.6 is 11.6 Å². The minimum atomic E-state index is -3.80. The molecular formula is C28H34ClN3O2S. The van der Waals surface area contributed by atoms with Crippen molar-refractivity contribution in [3.05, 3.63) is 70.9 Å². The predicted molar refractivity (Wildman–Crippen MR) is 143 cm³/mol. The lowest BCUT2D eigenvalue weighted by atomic mass is 9.83. The van der Waals surface area contributed by atoms with Crippen LogP contribution in [0.15, 0.2) is 64.6 Å². The zero-order chi connectivity index (χ0) is 24.5. The highest BCUT2D eigenvalue weighted by Gasteiger charge is 2.44. The Morgan fingerprint density at radius 3 is 2.34 bits per heavy atom. The summed E-state index contributed by atoms with van der Waals surface area (Å²) in [6, 6.07) is 15.0. The summed E-state index contributed by atoms with van der Waals surface area (Å²) in [5.74, 6) is 0.418. The van der Waals surface area contributed by atoms with Crippen LogP contribution in [0.2, 0.25) is 5.02 Å². The molecule has 2 saturated carbocycles. The third-order valence-corrected chi connectivity index (χ3v) is 9.23. The highest BCUT2D eigenvalue weighted by Crippen LogP contribution is 2.43. The van der Waals surface area contributed by atoms with Gasteiger partial charge >= 0.3 is 0 Å². The van der Waals surface area contributed by atoms with Crippen LogP contribution in [-0.2, 0) is 10.0 Å². The number of nitrogens with zero attached hydrogens (tertiary/aromatic N) is 2. The Hall–Kier alpha value is -2.31. The molecule has 2 fully saturated rings. The molecule has 7 heteroatoms. The molecule has 5 nitrogen and oxygen atoms in total. The summed E-state index contributed by atoms with van der Waals surface area (Å²) in [6.07, 6.45) is 13.5. The number of sulfonamides is 1. The maximum atomic E-state index is 13.5. The second-order valence-electron chi connectivity index (χ2n) is 10.2. The molecule has 0 aromatic heterocycles. The fraction of sp³-hybridized carbons (Fsp3) is 0.464. The van der Waals surface area contributed by atoms with Crippen molar-refractivity contribution in [1.82, 2.24) is 9.62 Å². The second-order valence-corrected chi connectivity index (χ2v) is 12.3. The van der Waals surface area contributed by atoms with Gasteiger partial charge in [-0.2, -0.15) is 0 Å². The molecule has 1 heterocycles. The van der Waals surface area contributed by atoms with E-state index in [1.165, 1.54) is 25.7 Å². The third-order valence-electron chi connectivity index (χ3n) is 7.64. The molecule has 2 aromatic carbocycles. The third kappa shape index (κ3) is 5.14. The second kappa shape index (κ2) is 9.98. The van der Waals surface area contributed by atoms with Gasteiger partial charge in [0, 0.05) is 22.8 Å². The number of hydrogen-bond donors (Lipinski definition) is 1. The lowest BCUT2D eigenvalue weighted by molar-refractivity contribution is 0.0477. The van der Waals surface area contributed by atoms with Gasteiger partial charge in [0.2, 0.25) is 0 Å². The molecule has 2 aromatic rings. The first-order valence-corrected chi connectivity index (χ1v) is 14.7. The van der Waals surface area contributed by atoms with Crippen molar-refractivity contribution >= 4 is 33.0 Å². The van der Waals surface area contributed by atoms with Crippen molar-refractivity contribution in [3.8, 4) is 0 Å². The summed E-state index contributed by atoms with van der Waals surface area (Å²) >= 11 is 6.36. The number of amidine groups is 1. The number of hydrogen-bond acceptors (Lipinski definition) is 4. The van der Waals surface area contributed by atoms with E-state index in [2.05, 4.69) is 15.8 Å². The van der Waals surface area contributed by atoms with Crippen LogP contribution in [0.5, 0.6) is 0 Å². The number of aryl methyl sites for hydroxylation is 1. The van der Waals surface area contributed by atoms with Crippen molar-refractivity contribution < 1.29 is 8.42 Å². The van der Waals surface area contributed by atoms with Gasteiger partial charge in [0.1, 0.15) is 11.5 Å². The normalized spacial score (nSPS) is 20.9. The van der Waals surface area contributed by atoms with Crippen LogP contribution in [0.3, 0.4) is 0 Å². The molecule has 0 amide bonds. The molecule has 0 radical (unpaired) electrons. The largest absolute Gasteiger partial charge is 0.350 e. The van der Waals surface area contributed by atoms with E-state index in [9.17, 15) is 8.42 Å². The van der Waals surface area contributed by atoms with E-state index >= 15 is 0 Å². The molecule has 0 bridgehead atoms. The maximum absolute atomic E-state index is 13.5. The standard InChI is InChI=1S/C28H34ClN3O2S/c1-21-13-15-25(16-14-21)35(33,34)31-27-26(22-9-8-10-23(29)19-22)20-32(24-11-4-2-5-12-24)28(30-27)17-6-3-7-18-28/h8-10,13-16,19-20,24H,2-7,11-12,17-18H2,1H3,(H,30,31). The Labute approximate surface area is 214 Å². The predicted octanol–water partition coefficient (Wildman–Crippen LogP) is 6.68. The van der Waals surface area contributed by atoms with Crippen molar-refractivity contribution in [1.29, 1.82) is 0 Å². The average Bonchev–Trinajstić information content (AvgIpc) is 2.85. The summed E-state index contributed by atoms with van der Waals surface area (Å²) in [5, 5.41) is 0.617. The highest BCUT2D eigenvalue weighted by molar-refractivity contribution is 7.90. The molecule has 0 atom stereocenters. The van der Waals surface area contributed by atoms with Gasteiger partial charge < -0.3 is 4.90 Å². The quantitative estimate of drug-likeness (QED) is 0.498. The molecule has 0 unspecified atom stereocenters. The minimum absolute atomic E-state index is 0.239. The first kappa shape index (κ1) is 24.4. The van der Waals surface area contributed by atoms with E-state index in [1.54, 1.807) is 12.1 Å². The van der Waals surface area contributed by atoms with Crippen LogP contribution in [0.1, 0.15) is 75.3 Å². The SMILES string of the molecule is Cc1ccc(S(=O)(=O)NC2=NC3(CCCCC3)N(C3CCCCC3)C=C2c2cccc(Cl)c2)cc1. The molecule has 1 N–H and O–H groups in total. The summed E-state index contributed by atoms with van der Waals surface area (Å²) in [6.45, 7) is 1.95. The number of benzene rings is 2. The van der Waals surface area contributed by atoms with Crippen molar-refractivity contribution in [2.45, 2.75) is 87.7 Å². The fourth-order valence-electron chi connectivity index (χ4n) is 5.79. The molecular weight excluding hydrogens is 478 g/mol. The number of rotatable bonds is 4. The van der Waals surface area contributed by atoms with Crippen LogP contribution in [0, 0.1) is 6.92 Å². The Morgan fingerprint density at radius 2 is 1.66 bits per heavy atom. The molecule has 3 aliphatic rings. The van der Waals surface area contributed by atoms with Gasteiger partial charge in [-0.3, -0.25) is 4.72 Å². The highest BCUT2D eigenvalue weighted by atomic mass is 35.5. The molecule has 35 heavy (non-hydrogen) atoms. The van der Waals surface area contributed by atoms with Gasteiger partial charge in [0.15, 0.2) is 0 Å². The Balaban J connectivity index is 1.60. The number of nitrogens with one attached hydrogen (secondary N) is 1. The topological polar surface area (TPSA) is 61.8 Å². The van der Waals surface area contributed by atoms with E-state index in [1.807, 2.05) is 43.3 Å². The minimum Gasteiger partial charge on any atom is -0.350 e. The Kier molecular flexibility index (Phi) is 6.95. The lowest BCUT2D eigenvalue weighted by Gasteiger charge is -2.50. The molecule has 5 rings (SSSR count). The maximum Gasteiger partial charge on any atom is 0.263 e. The van der Waals surface area contributed by atoms with Crippen LogP contribution < -0.4 is 4.72 Å². The van der Waals surface area contributed by atoms with E-state index in [-0.39, 0.29) is 4.90 Å². The van der Waals surface area contributed by atoms with Crippen molar-refractivity contribution in [3.63, 3.8) is 0 Å². The molecule has 2 aliphatic carbocycles. The number of halogens is 1. The van der Waals surface area contributed by atoms with Crippen molar-refractivity contribution in [2.75, 3.05) is 0 Å². The molecule has 1 spiro atoms. The van der Waals surface area contributed by atoms with E-state index in [0.29, 0.717) is 16.9 Å². The fourth-order valence-corrected chi connectivity index (χ4v) is 7.00. The summed E-state index contributed by atoms with van der Waals surface area (Å²) in [4.78, 5) is 8.02. The summed E-state index contributed by atoms with van der Waals surface area (Å²) in [7, 11) is -3.80. The van der Waals surface area contributed by atoms with E-state index in [4.69, 9.17) is 16.6 Å². The first-order valence-electron chi connectivity index (χ1n) is 12.8. The number of aliphatic imine (C=N–C) groups is 1. The summed E-state index contributed by atoms with van der Waals surface area (Å²) in [5.41, 5.74) is 2.27. The summed E-state index contributed by atoms with van der Waals surface area (Å²) < 4.78 is 29.8. The van der Waals surface area contributed by atoms with Gasteiger partial charge in [-0.1, -0.05) is 67.1 Å². The van der Waals surface area contributed by atoms with E-state index < -0.39 is 15.7 Å². The van der Waals surface area contributed by atoms with Crippen LogP contribution in [0.25, 0.3) is 5.57 Å². The average molecular weight is 512 g/mol. The van der Waals surface area contributed by atoms with Gasteiger partial charge in [-0.25, -0.2) is 13.4 Å². The molecule has 186 valence electrons. The Morgan fingerprint density at radius 1 is 0.971 bits per heavy atom. The lowest BCUT2D eigenvalue weighted by Crippen LogP contribution is -2.55. The zero-order valence-corrected chi connectivity index (χ0v) is 21.9. The first-order chi connectivity index (χ1) is 16.9. The van der Waals surface area contributed by atoms with Gasteiger partial charge in [-0.05, 0) is 75.3 Å². The van der Waals surface area contributed by atoms with Gasteiger partial charge in [-0.15, -0.1) is 0 Å². The smallest absolute Gasteiger partial charge is 0.263 e. The van der Waals surface area contributed by atoms with Gasteiger partial charge in [0.05, 0.1) is 4.90 Å². The van der Waals surface area contributed by atoms with E-state index in [0.717, 1.165) is 55.2 Å². The van der Waals surface area contributed by atoms with Gasteiger partial charge in [0.25, 0.3) is 10.0 Å². The monoisotopic (exact) mass is 511 g/mol. The van der Waals surface area contributed by atoms with Crippen molar-refractivity contribution in [2.24, 2.45) is 4.99 Å². The molecule has 1 aliphatic heterocycles. The zero-order valence-electron chi connectivity index (χ0n) is 20.3. The molecule has 0 saturated heterocycles. The van der Waals surface area contributed by atoms with Crippen LogP contribution in [0.4, 0.5) is 0 Å².